The van der Waals surface area contributed by atoms with Crippen molar-refractivity contribution in [3.63, 3.8) is 0 Å². The second kappa shape index (κ2) is 4.78. The van der Waals surface area contributed by atoms with E-state index in [0.717, 1.165) is 26.1 Å². The lowest BCUT2D eigenvalue weighted by molar-refractivity contribution is -0.685. The highest BCUT2D eigenvalue weighted by molar-refractivity contribution is 5.80. The molecule has 0 aromatic heterocycles. The van der Waals surface area contributed by atoms with E-state index in [-0.39, 0.29) is 6.04 Å². The van der Waals surface area contributed by atoms with Crippen molar-refractivity contribution in [1.29, 1.82) is 0 Å². The molecule has 1 amide bonds. The number of nitrogens with two attached hydrogens (primary N) is 1. The topological polar surface area (TPSA) is 36.9 Å². The van der Waals surface area contributed by atoms with Gasteiger partial charge in [-0.15, -0.1) is 0 Å². The van der Waals surface area contributed by atoms with E-state index >= 15 is 0 Å². The van der Waals surface area contributed by atoms with Gasteiger partial charge in [-0.2, -0.15) is 0 Å². The van der Waals surface area contributed by atoms with Crippen LogP contribution in [0.2, 0.25) is 0 Å². The molecule has 2 heterocycles. The summed E-state index contributed by atoms with van der Waals surface area (Å²) in [7, 11) is 0. The molecule has 2 rings (SSSR count). The highest BCUT2D eigenvalue weighted by Gasteiger charge is 2.29. The molecular formula is C11H21N2O+. The Morgan fingerprint density at radius 1 is 1.07 bits per heavy atom. The van der Waals surface area contributed by atoms with Gasteiger partial charge in [-0.25, -0.2) is 0 Å². The summed E-state index contributed by atoms with van der Waals surface area (Å²) in [6.45, 7) is 3.15. The third-order valence-electron chi connectivity index (χ3n) is 3.41. The Bertz CT molecular complexity index is 173. The second-order valence-electron chi connectivity index (χ2n) is 4.51. The quantitative estimate of drug-likeness (QED) is 0.636. The molecule has 1 atom stereocenters. The third kappa shape index (κ3) is 2.27. The molecule has 80 valence electrons. The first kappa shape index (κ1) is 9.97. The van der Waals surface area contributed by atoms with E-state index in [0.29, 0.717) is 5.91 Å². The Balaban J connectivity index is 1.85. The van der Waals surface area contributed by atoms with Crippen LogP contribution in [0, 0.1) is 0 Å². The highest BCUT2D eigenvalue weighted by atomic mass is 16.2. The van der Waals surface area contributed by atoms with Crippen LogP contribution in [0.25, 0.3) is 0 Å². The van der Waals surface area contributed by atoms with Gasteiger partial charge in [-0.3, -0.25) is 4.79 Å². The van der Waals surface area contributed by atoms with E-state index in [1.54, 1.807) is 0 Å². The fraction of sp³-hybridized carbons (Fsp3) is 0.909. The van der Waals surface area contributed by atoms with Gasteiger partial charge >= 0.3 is 0 Å². The van der Waals surface area contributed by atoms with Gasteiger partial charge in [-0.1, -0.05) is 0 Å². The highest BCUT2D eigenvalue weighted by Crippen LogP contribution is 2.11. The van der Waals surface area contributed by atoms with E-state index in [4.69, 9.17) is 0 Å². The summed E-state index contributed by atoms with van der Waals surface area (Å²) in [4.78, 5) is 14.1. The van der Waals surface area contributed by atoms with Crippen molar-refractivity contribution in [3.8, 4) is 0 Å². The van der Waals surface area contributed by atoms with Crippen molar-refractivity contribution in [2.24, 2.45) is 0 Å². The van der Waals surface area contributed by atoms with Gasteiger partial charge in [0.25, 0.3) is 5.91 Å². The third-order valence-corrected chi connectivity index (χ3v) is 3.41. The first-order valence-corrected chi connectivity index (χ1v) is 6.00. The minimum atomic E-state index is 0.252. The van der Waals surface area contributed by atoms with E-state index in [9.17, 15) is 4.79 Å². The monoisotopic (exact) mass is 197 g/mol. The van der Waals surface area contributed by atoms with Crippen LogP contribution >= 0.6 is 0 Å². The molecule has 0 aliphatic carbocycles. The molecule has 2 fully saturated rings. The van der Waals surface area contributed by atoms with Crippen molar-refractivity contribution in [2.45, 2.75) is 44.6 Å². The van der Waals surface area contributed by atoms with Crippen molar-refractivity contribution in [3.05, 3.63) is 0 Å². The molecule has 0 aromatic carbocycles. The lowest BCUT2D eigenvalue weighted by Gasteiger charge is -2.30. The summed E-state index contributed by atoms with van der Waals surface area (Å²) in [5.74, 6) is 0.407. The fourth-order valence-corrected chi connectivity index (χ4v) is 2.52. The Morgan fingerprint density at radius 3 is 2.50 bits per heavy atom. The molecule has 0 aromatic rings. The smallest absolute Gasteiger partial charge is 0.280 e. The van der Waals surface area contributed by atoms with Gasteiger partial charge in [0, 0.05) is 19.5 Å². The van der Waals surface area contributed by atoms with Crippen LogP contribution in [0.3, 0.4) is 0 Å². The number of nitrogens with zero attached hydrogens (tertiary/aromatic N) is 1. The standard InChI is InChI=1S/C11H20N2O/c14-11(10-6-2-3-7-12-10)13-8-4-1-5-9-13/h10,12H,1-9H2/p+1/t10-/m1/s1. The number of amides is 1. The van der Waals surface area contributed by atoms with Crippen LogP contribution in [0.1, 0.15) is 38.5 Å². The maximum atomic E-state index is 12.0. The fourth-order valence-electron chi connectivity index (χ4n) is 2.52. The van der Waals surface area contributed by atoms with Crippen LogP contribution in [-0.2, 0) is 4.79 Å². The van der Waals surface area contributed by atoms with Crippen LogP contribution in [0.5, 0.6) is 0 Å². The average Bonchev–Trinajstić information content (AvgIpc) is 2.30. The molecule has 0 bridgehead atoms. The van der Waals surface area contributed by atoms with Gasteiger partial charge in [0.1, 0.15) is 0 Å². The van der Waals surface area contributed by atoms with Crippen molar-refractivity contribution >= 4 is 5.91 Å². The van der Waals surface area contributed by atoms with Crippen molar-refractivity contribution in [1.82, 2.24) is 4.90 Å². The summed E-state index contributed by atoms with van der Waals surface area (Å²) >= 11 is 0. The van der Waals surface area contributed by atoms with Gasteiger partial charge < -0.3 is 10.2 Å². The molecule has 0 unspecified atom stereocenters. The van der Waals surface area contributed by atoms with Crippen molar-refractivity contribution in [2.75, 3.05) is 19.6 Å². The molecule has 3 heteroatoms. The normalized spacial score (nSPS) is 28.9. The van der Waals surface area contributed by atoms with Gasteiger partial charge in [0.05, 0.1) is 6.54 Å². The zero-order valence-corrected chi connectivity index (χ0v) is 8.87. The molecule has 2 saturated heterocycles. The summed E-state index contributed by atoms with van der Waals surface area (Å²) in [5, 5.41) is 2.24. The minimum absolute atomic E-state index is 0.252. The molecule has 2 aliphatic heterocycles. The predicted molar refractivity (Wildman–Crippen MR) is 54.9 cm³/mol. The molecule has 2 N–H and O–H groups in total. The molecule has 3 nitrogen and oxygen atoms in total. The van der Waals surface area contributed by atoms with E-state index < -0.39 is 0 Å². The number of quaternary nitrogens is 1. The molecular weight excluding hydrogens is 176 g/mol. The number of carbonyl (C=O) groups excluding carboxylic acids is 1. The number of likely N-dealkylation sites (tertiary alicyclic amines) is 1. The summed E-state index contributed by atoms with van der Waals surface area (Å²) < 4.78 is 0. The lowest BCUT2D eigenvalue weighted by Crippen LogP contribution is -2.94. The van der Waals surface area contributed by atoms with E-state index in [1.807, 2.05) is 0 Å². The van der Waals surface area contributed by atoms with Gasteiger partial charge in [-0.05, 0) is 32.1 Å². The first-order valence-electron chi connectivity index (χ1n) is 6.00. The van der Waals surface area contributed by atoms with Gasteiger partial charge in [0.15, 0.2) is 6.04 Å². The average molecular weight is 197 g/mol. The Hall–Kier alpha value is -0.570. The summed E-state index contributed by atoms with van der Waals surface area (Å²) in [6, 6.07) is 0.252. The SMILES string of the molecule is O=C([C@H]1CCCC[NH2+]1)N1CCCCC1. The van der Waals surface area contributed by atoms with Crippen LogP contribution in [-0.4, -0.2) is 36.5 Å². The Kier molecular flexibility index (Phi) is 3.40. The Labute approximate surface area is 85.8 Å². The maximum Gasteiger partial charge on any atom is 0.280 e. The van der Waals surface area contributed by atoms with Crippen molar-refractivity contribution < 1.29 is 10.1 Å². The molecule has 2 aliphatic rings. The largest absolute Gasteiger partial charge is 0.338 e. The zero-order chi connectivity index (χ0) is 9.80. The number of rotatable bonds is 1. The van der Waals surface area contributed by atoms with E-state index in [2.05, 4.69) is 10.2 Å². The molecule has 0 saturated carbocycles. The number of piperidine rings is 2. The zero-order valence-electron chi connectivity index (χ0n) is 8.87. The minimum Gasteiger partial charge on any atom is -0.338 e. The Morgan fingerprint density at radius 2 is 1.86 bits per heavy atom. The number of hydrogen-bond acceptors (Lipinski definition) is 1. The predicted octanol–water partition coefficient (Wildman–Crippen LogP) is 0.115. The molecule has 0 radical (unpaired) electrons. The summed E-state index contributed by atoms with van der Waals surface area (Å²) in [6.07, 6.45) is 7.33. The van der Waals surface area contributed by atoms with E-state index in [1.165, 1.54) is 32.1 Å². The number of carbonyl (C=O) groups is 1. The molecule has 0 spiro atoms. The second-order valence-corrected chi connectivity index (χ2v) is 4.51. The van der Waals surface area contributed by atoms with Crippen LogP contribution in [0.4, 0.5) is 0 Å². The first-order chi connectivity index (χ1) is 6.88. The summed E-state index contributed by atoms with van der Waals surface area (Å²) in [5.41, 5.74) is 0. The molecule has 14 heavy (non-hydrogen) atoms. The number of hydrogen-bond donors (Lipinski definition) is 1. The maximum absolute atomic E-state index is 12.0. The van der Waals surface area contributed by atoms with Crippen LogP contribution < -0.4 is 5.32 Å². The van der Waals surface area contributed by atoms with Crippen LogP contribution in [0.15, 0.2) is 0 Å². The van der Waals surface area contributed by atoms with Gasteiger partial charge in [0.2, 0.25) is 0 Å². The lowest BCUT2D eigenvalue weighted by atomic mass is 10.0.